The van der Waals surface area contributed by atoms with E-state index in [4.69, 9.17) is 12.2 Å². The Labute approximate surface area is 107 Å². The van der Waals surface area contributed by atoms with Crippen molar-refractivity contribution in [1.82, 2.24) is 15.3 Å². The van der Waals surface area contributed by atoms with Gasteiger partial charge in [0.25, 0.3) is 0 Å². The lowest BCUT2D eigenvalue weighted by molar-refractivity contribution is 0.425. The fourth-order valence-corrected chi connectivity index (χ4v) is 3.25. The van der Waals surface area contributed by atoms with Crippen LogP contribution in [-0.4, -0.2) is 16.5 Å². The molecule has 4 heteroatoms. The molecule has 0 bridgehead atoms. The molecule has 1 aliphatic carbocycles. The normalized spacial score (nSPS) is 21.2. The molecule has 0 atom stereocenters. The summed E-state index contributed by atoms with van der Waals surface area (Å²) in [5.74, 6) is 1.76. The molecule has 3 rings (SSSR count). The summed E-state index contributed by atoms with van der Waals surface area (Å²) in [6, 6.07) is 0. The average Bonchev–Trinajstić information content (AvgIpc) is 2.40. The third-order valence-electron chi connectivity index (χ3n) is 3.97. The van der Waals surface area contributed by atoms with Crippen molar-refractivity contribution in [3.05, 3.63) is 21.7 Å². The Bertz CT molecular complexity index is 460. The maximum absolute atomic E-state index is 5.42. The van der Waals surface area contributed by atoms with E-state index in [0.29, 0.717) is 5.92 Å². The van der Waals surface area contributed by atoms with Gasteiger partial charge in [-0.1, -0.05) is 31.5 Å². The van der Waals surface area contributed by atoms with Crippen molar-refractivity contribution in [1.29, 1.82) is 0 Å². The third-order valence-corrected chi connectivity index (χ3v) is 4.31. The van der Waals surface area contributed by atoms with Crippen LogP contribution in [0.5, 0.6) is 0 Å². The maximum Gasteiger partial charge on any atom is 0.134 e. The van der Waals surface area contributed by atoms with Gasteiger partial charge in [0.1, 0.15) is 10.5 Å². The van der Waals surface area contributed by atoms with Crippen LogP contribution < -0.4 is 5.32 Å². The van der Waals surface area contributed by atoms with E-state index in [-0.39, 0.29) is 0 Å². The van der Waals surface area contributed by atoms with Crippen LogP contribution in [0.15, 0.2) is 0 Å². The first-order chi connectivity index (χ1) is 8.34. The summed E-state index contributed by atoms with van der Waals surface area (Å²) in [4.78, 5) is 8.19. The van der Waals surface area contributed by atoms with Gasteiger partial charge in [0.05, 0.1) is 0 Å². The molecule has 1 aliphatic heterocycles. The standard InChI is InChI=1S/C13H19N3S/c17-13-10-8-14-7-6-11(10)15-12(16-13)9-4-2-1-3-5-9/h9,14H,1-8H2,(H,15,16,17). The monoisotopic (exact) mass is 249 g/mol. The van der Waals surface area contributed by atoms with Crippen LogP contribution in [-0.2, 0) is 13.0 Å². The van der Waals surface area contributed by atoms with Crippen LogP contribution in [0.25, 0.3) is 0 Å². The zero-order valence-electron chi connectivity index (χ0n) is 10.1. The third kappa shape index (κ3) is 2.29. The Balaban J connectivity index is 1.95. The summed E-state index contributed by atoms with van der Waals surface area (Å²) < 4.78 is 0.812. The number of nitrogens with one attached hydrogen (secondary N) is 2. The Morgan fingerprint density at radius 3 is 2.82 bits per heavy atom. The lowest BCUT2D eigenvalue weighted by atomic mass is 9.88. The number of rotatable bonds is 1. The van der Waals surface area contributed by atoms with Gasteiger partial charge in [0, 0.05) is 36.7 Å². The van der Waals surface area contributed by atoms with Crippen molar-refractivity contribution in [3.63, 3.8) is 0 Å². The van der Waals surface area contributed by atoms with Crippen molar-refractivity contribution < 1.29 is 0 Å². The van der Waals surface area contributed by atoms with Gasteiger partial charge in [-0.05, 0) is 12.8 Å². The van der Waals surface area contributed by atoms with E-state index < -0.39 is 0 Å². The summed E-state index contributed by atoms with van der Waals surface area (Å²) in [7, 11) is 0. The minimum atomic E-state index is 0.616. The fraction of sp³-hybridized carbons (Fsp3) is 0.692. The van der Waals surface area contributed by atoms with E-state index in [1.54, 1.807) is 0 Å². The Morgan fingerprint density at radius 2 is 2.00 bits per heavy atom. The molecule has 0 aromatic carbocycles. The minimum absolute atomic E-state index is 0.616. The first-order valence-corrected chi connectivity index (χ1v) is 7.08. The summed E-state index contributed by atoms with van der Waals surface area (Å²) in [6.07, 6.45) is 7.66. The summed E-state index contributed by atoms with van der Waals surface area (Å²) in [5.41, 5.74) is 2.54. The van der Waals surface area contributed by atoms with Gasteiger partial charge >= 0.3 is 0 Å². The highest BCUT2D eigenvalue weighted by molar-refractivity contribution is 7.71. The van der Waals surface area contributed by atoms with Crippen LogP contribution in [0.4, 0.5) is 0 Å². The molecule has 1 fully saturated rings. The second kappa shape index (κ2) is 4.86. The van der Waals surface area contributed by atoms with Crippen LogP contribution >= 0.6 is 12.2 Å². The second-order valence-electron chi connectivity index (χ2n) is 5.15. The predicted molar refractivity (Wildman–Crippen MR) is 70.7 cm³/mol. The molecule has 92 valence electrons. The van der Waals surface area contributed by atoms with Crippen molar-refractivity contribution in [2.75, 3.05) is 6.54 Å². The summed E-state index contributed by atoms with van der Waals surface area (Å²) >= 11 is 5.42. The van der Waals surface area contributed by atoms with E-state index in [0.717, 1.165) is 30.0 Å². The molecule has 17 heavy (non-hydrogen) atoms. The van der Waals surface area contributed by atoms with E-state index in [1.165, 1.54) is 43.4 Å². The molecule has 1 aromatic heterocycles. The van der Waals surface area contributed by atoms with Gasteiger partial charge in [0.15, 0.2) is 0 Å². The lowest BCUT2D eigenvalue weighted by Crippen LogP contribution is -2.26. The Kier molecular flexibility index (Phi) is 3.25. The lowest BCUT2D eigenvalue weighted by Gasteiger charge is -2.24. The highest BCUT2D eigenvalue weighted by Crippen LogP contribution is 2.31. The van der Waals surface area contributed by atoms with E-state index in [2.05, 4.69) is 15.3 Å². The van der Waals surface area contributed by atoms with Gasteiger partial charge in [-0.15, -0.1) is 0 Å². The van der Waals surface area contributed by atoms with E-state index in [9.17, 15) is 0 Å². The largest absolute Gasteiger partial charge is 0.347 e. The molecule has 0 saturated heterocycles. The fourth-order valence-electron chi connectivity index (χ4n) is 2.96. The van der Waals surface area contributed by atoms with Gasteiger partial charge < -0.3 is 10.3 Å². The molecule has 0 unspecified atom stereocenters. The zero-order valence-corrected chi connectivity index (χ0v) is 10.9. The van der Waals surface area contributed by atoms with Crippen molar-refractivity contribution in [3.8, 4) is 0 Å². The summed E-state index contributed by atoms with van der Waals surface area (Å²) in [6.45, 7) is 1.93. The van der Waals surface area contributed by atoms with Crippen molar-refractivity contribution in [2.24, 2.45) is 0 Å². The van der Waals surface area contributed by atoms with Crippen molar-refractivity contribution in [2.45, 2.75) is 51.0 Å². The van der Waals surface area contributed by atoms with Gasteiger partial charge in [-0.25, -0.2) is 4.98 Å². The number of nitrogens with zero attached hydrogens (tertiary/aromatic N) is 1. The molecule has 2 N–H and O–H groups in total. The molecular formula is C13H19N3S. The van der Waals surface area contributed by atoms with Gasteiger partial charge in [-0.2, -0.15) is 0 Å². The number of fused-ring (bicyclic) bond motifs is 1. The second-order valence-corrected chi connectivity index (χ2v) is 5.53. The van der Waals surface area contributed by atoms with Gasteiger partial charge in [-0.3, -0.25) is 0 Å². The number of hydrogen-bond acceptors (Lipinski definition) is 3. The van der Waals surface area contributed by atoms with E-state index >= 15 is 0 Å². The molecule has 1 aromatic rings. The molecule has 0 spiro atoms. The Morgan fingerprint density at radius 1 is 1.18 bits per heavy atom. The first kappa shape index (κ1) is 11.4. The number of H-pyrrole nitrogens is 1. The quantitative estimate of drug-likeness (QED) is 0.752. The van der Waals surface area contributed by atoms with Crippen LogP contribution in [0.2, 0.25) is 0 Å². The first-order valence-electron chi connectivity index (χ1n) is 6.67. The average molecular weight is 249 g/mol. The highest BCUT2D eigenvalue weighted by atomic mass is 32.1. The molecule has 2 heterocycles. The maximum atomic E-state index is 5.42. The molecule has 2 aliphatic rings. The summed E-state index contributed by atoms with van der Waals surface area (Å²) in [5, 5.41) is 3.35. The SMILES string of the molecule is S=c1nc(C2CCCCC2)[nH]c2c1CNCC2. The smallest absolute Gasteiger partial charge is 0.134 e. The van der Waals surface area contributed by atoms with Crippen LogP contribution in [0.3, 0.4) is 0 Å². The molecule has 0 radical (unpaired) electrons. The zero-order chi connectivity index (χ0) is 11.7. The van der Waals surface area contributed by atoms with E-state index in [1.807, 2.05) is 0 Å². The van der Waals surface area contributed by atoms with Crippen LogP contribution in [0.1, 0.15) is 55.1 Å². The number of aromatic amines is 1. The van der Waals surface area contributed by atoms with Gasteiger partial charge in [0.2, 0.25) is 0 Å². The molecule has 3 nitrogen and oxygen atoms in total. The molecule has 1 saturated carbocycles. The predicted octanol–water partition coefficient (Wildman–Crippen LogP) is 2.83. The molecule has 0 amide bonds. The number of hydrogen-bond donors (Lipinski definition) is 2. The Hall–Kier alpha value is -0.740. The topological polar surface area (TPSA) is 40.7 Å². The number of aromatic nitrogens is 2. The highest BCUT2D eigenvalue weighted by Gasteiger charge is 2.20. The van der Waals surface area contributed by atoms with Crippen LogP contribution in [0, 0.1) is 4.64 Å². The molecular weight excluding hydrogens is 230 g/mol. The minimum Gasteiger partial charge on any atom is -0.347 e. The van der Waals surface area contributed by atoms with Crippen molar-refractivity contribution >= 4 is 12.2 Å².